The van der Waals surface area contributed by atoms with E-state index in [9.17, 15) is 9.59 Å². The van der Waals surface area contributed by atoms with E-state index in [4.69, 9.17) is 0 Å². The molecule has 1 saturated heterocycles. The van der Waals surface area contributed by atoms with E-state index < -0.39 is 6.03 Å². The van der Waals surface area contributed by atoms with Gasteiger partial charge in [-0.2, -0.15) is 0 Å². The highest BCUT2D eigenvalue weighted by molar-refractivity contribution is 5.96. The predicted octanol–water partition coefficient (Wildman–Crippen LogP) is 0.247. The van der Waals surface area contributed by atoms with E-state index in [1.807, 2.05) is 20.8 Å². The van der Waals surface area contributed by atoms with Crippen molar-refractivity contribution < 1.29 is 9.59 Å². The largest absolute Gasteiger partial charge is 0.336 e. The molecule has 6 heteroatoms. The molecule has 0 aromatic carbocycles. The molecule has 0 radical (unpaired) electrons. The van der Waals surface area contributed by atoms with Gasteiger partial charge in [-0.25, -0.2) is 4.79 Å². The zero-order chi connectivity index (χ0) is 14.4. The smallest absolute Gasteiger partial charge is 0.321 e. The van der Waals surface area contributed by atoms with Crippen molar-refractivity contribution in [1.82, 2.24) is 20.4 Å². The van der Waals surface area contributed by atoms with Crippen molar-refractivity contribution >= 4 is 11.9 Å². The lowest BCUT2D eigenvalue weighted by Crippen LogP contribution is -2.55. The van der Waals surface area contributed by atoms with Crippen LogP contribution in [-0.4, -0.2) is 66.5 Å². The fourth-order valence-electron chi connectivity index (χ4n) is 2.15. The van der Waals surface area contributed by atoms with Gasteiger partial charge in [0.2, 0.25) is 5.91 Å². The monoisotopic (exact) mass is 270 g/mol. The first-order valence-corrected chi connectivity index (χ1v) is 7.01. The summed E-state index contributed by atoms with van der Waals surface area (Å²) >= 11 is 0. The molecule has 1 aliphatic rings. The van der Waals surface area contributed by atoms with Gasteiger partial charge in [0.15, 0.2) is 0 Å². The van der Waals surface area contributed by atoms with Gasteiger partial charge in [0.05, 0.1) is 6.04 Å². The number of carbonyl (C=O) groups excluding carboxylic acids is 2. The van der Waals surface area contributed by atoms with Crippen LogP contribution in [0, 0.1) is 0 Å². The molecule has 0 aromatic heterocycles. The predicted molar refractivity (Wildman–Crippen MR) is 75.0 cm³/mol. The Kier molecular flexibility index (Phi) is 6.24. The third-order valence-electron chi connectivity index (χ3n) is 3.44. The number of hydrogen-bond acceptors (Lipinski definition) is 4. The van der Waals surface area contributed by atoms with E-state index in [1.54, 1.807) is 0 Å². The number of rotatable bonds is 4. The normalized spacial score (nSPS) is 19.2. The summed E-state index contributed by atoms with van der Waals surface area (Å²) in [5, 5.41) is 5.04. The molecule has 2 N–H and O–H groups in total. The van der Waals surface area contributed by atoms with Crippen LogP contribution in [0.5, 0.6) is 0 Å². The summed E-state index contributed by atoms with van der Waals surface area (Å²) in [5.74, 6) is -0.233. The molecular weight excluding hydrogens is 244 g/mol. The number of hydrogen-bond donors (Lipinski definition) is 2. The van der Waals surface area contributed by atoms with Crippen molar-refractivity contribution in [3.05, 3.63) is 0 Å². The zero-order valence-corrected chi connectivity index (χ0v) is 12.4. The van der Waals surface area contributed by atoms with E-state index in [-0.39, 0.29) is 18.0 Å². The lowest BCUT2D eigenvalue weighted by Gasteiger charge is -2.36. The number of amides is 3. The maximum atomic E-state index is 12.0. The standard InChI is InChI=1S/C13H26N4O2/c1-5-16-6-8-17(9-7-16)11(4)12(18)15-13(19)14-10(2)3/h10-11H,5-9H2,1-4H3,(H2,14,15,18,19). The molecule has 0 aliphatic carbocycles. The summed E-state index contributed by atoms with van der Waals surface area (Å²) in [6.45, 7) is 12.4. The minimum absolute atomic E-state index is 0.0243. The lowest BCUT2D eigenvalue weighted by atomic mass is 10.2. The van der Waals surface area contributed by atoms with Crippen LogP contribution in [0.25, 0.3) is 0 Å². The van der Waals surface area contributed by atoms with E-state index in [1.165, 1.54) is 0 Å². The zero-order valence-electron chi connectivity index (χ0n) is 12.4. The van der Waals surface area contributed by atoms with Gasteiger partial charge in [0.25, 0.3) is 0 Å². The molecule has 1 aliphatic heterocycles. The molecule has 0 aromatic rings. The molecule has 1 unspecified atom stereocenters. The summed E-state index contributed by atoms with van der Waals surface area (Å²) < 4.78 is 0. The Labute approximate surface area is 115 Å². The second-order valence-electron chi connectivity index (χ2n) is 5.26. The number of nitrogens with zero attached hydrogens (tertiary/aromatic N) is 2. The second kappa shape index (κ2) is 7.45. The third kappa shape index (κ3) is 5.16. The summed E-state index contributed by atoms with van der Waals surface area (Å²) in [6.07, 6.45) is 0. The number of urea groups is 1. The SMILES string of the molecule is CCN1CCN(C(C)C(=O)NC(=O)NC(C)C)CC1. The van der Waals surface area contributed by atoms with Crippen LogP contribution in [0.4, 0.5) is 4.79 Å². The topological polar surface area (TPSA) is 64.7 Å². The molecule has 110 valence electrons. The average Bonchev–Trinajstić information content (AvgIpc) is 2.36. The van der Waals surface area contributed by atoms with Crippen LogP contribution in [0.15, 0.2) is 0 Å². The number of nitrogens with one attached hydrogen (secondary N) is 2. The first-order chi connectivity index (χ1) is 8.93. The van der Waals surface area contributed by atoms with E-state index in [2.05, 4.69) is 27.4 Å². The number of imide groups is 1. The van der Waals surface area contributed by atoms with Crippen molar-refractivity contribution in [3.8, 4) is 0 Å². The Morgan fingerprint density at radius 2 is 1.68 bits per heavy atom. The van der Waals surface area contributed by atoms with Gasteiger partial charge in [-0.15, -0.1) is 0 Å². The fraction of sp³-hybridized carbons (Fsp3) is 0.846. The van der Waals surface area contributed by atoms with Crippen molar-refractivity contribution in [1.29, 1.82) is 0 Å². The van der Waals surface area contributed by atoms with Crippen LogP contribution >= 0.6 is 0 Å². The highest BCUT2D eigenvalue weighted by Gasteiger charge is 2.25. The maximum Gasteiger partial charge on any atom is 0.321 e. The Balaban J connectivity index is 2.38. The van der Waals surface area contributed by atoms with Crippen LogP contribution in [-0.2, 0) is 4.79 Å². The van der Waals surface area contributed by atoms with E-state index >= 15 is 0 Å². The van der Waals surface area contributed by atoms with Crippen LogP contribution < -0.4 is 10.6 Å². The van der Waals surface area contributed by atoms with Crippen molar-refractivity contribution in [3.63, 3.8) is 0 Å². The van der Waals surface area contributed by atoms with Crippen LogP contribution in [0.3, 0.4) is 0 Å². The van der Waals surface area contributed by atoms with Gasteiger partial charge in [-0.3, -0.25) is 15.0 Å². The highest BCUT2D eigenvalue weighted by Crippen LogP contribution is 2.06. The summed E-state index contributed by atoms with van der Waals surface area (Å²) in [5.41, 5.74) is 0. The van der Waals surface area contributed by atoms with Gasteiger partial charge >= 0.3 is 6.03 Å². The summed E-state index contributed by atoms with van der Waals surface area (Å²) in [6, 6.07) is -0.660. The number of carbonyl (C=O) groups is 2. The molecule has 1 rings (SSSR count). The minimum Gasteiger partial charge on any atom is -0.336 e. The fourth-order valence-corrected chi connectivity index (χ4v) is 2.15. The van der Waals surface area contributed by atoms with Gasteiger partial charge in [-0.05, 0) is 27.3 Å². The third-order valence-corrected chi connectivity index (χ3v) is 3.44. The number of likely N-dealkylation sites (N-methyl/N-ethyl adjacent to an activating group) is 1. The van der Waals surface area contributed by atoms with E-state index in [0.717, 1.165) is 32.7 Å². The second-order valence-corrected chi connectivity index (χ2v) is 5.26. The van der Waals surface area contributed by atoms with Gasteiger partial charge in [0, 0.05) is 32.2 Å². The summed E-state index contributed by atoms with van der Waals surface area (Å²) in [4.78, 5) is 27.9. The molecular formula is C13H26N4O2. The molecule has 1 atom stereocenters. The molecule has 0 bridgehead atoms. The first-order valence-electron chi connectivity index (χ1n) is 7.01. The minimum atomic E-state index is -0.418. The first kappa shape index (κ1) is 15.9. The van der Waals surface area contributed by atoms with E-state index in [0.29, 0.717) is 0 Å². The molecule has 0 saturated carbocycles. The molecule has 0 spiro atoms. The van der Waals surface area contributed by atoms with Crippen molar-refractivity contribution in [2.24, 2.45) is 0 Å². The molecule has 1 fully saturated rings. The van der Waals surface area contributed by atoms with Crippen molar-refractivity contribution in [2.45, 2.75) is 39.8 Å². The molecule has 1 heterocycles. The van der Waals surface area contributed by atoms with Gasteiger partial charge in [-0.1, -0.05) is 6.92 Å². The molecule has 19 heavy (non-hydrogen) atoms. The van der Waals surface area contributed by atoms with Gasteiger partial charge < -0.3 is 10.2 Å². The molecule has 6 nitrogen and oxygen atoms in total. The average molecular weight is 270 g/mol. The number of piperazine rings is 1. The maximum absolute atomic E-state index is 12.0. The van der Waals surface area contributed by atoms with Crippen LogP contribution in [0.2, 0.25) is 0 Å². The molecule has 3 amide bonds. The Morgan fingerprint density at radius 3 is 2.16 bits per heavy atom. The Morgan fingerprint density at radius 1 is 1.11 bits per heavy atom. The highest BCUT2D eigenvalue weighted by atomic mass is 16.2. The Hall–Kier alpha value is -1.14. The Bertz CT molecular complexity index is 312. The van der Waals surface area contributed by atoms with Crippen molar-refractivity contribution in [2.75, 3.05) is 32.7 Å². The lowest BCUT2D eigenvalue weighted by molar-refractivity contribution is -0.125. The summed E-state index contributed by atoms with van der Waals surface area (Å²) in [7, 11) is 0. The van der Waals surface area contributed by atoms with Crippen LogP contribution in [0.1, 0.15) is 27.7 Å². The van der Waals surface area contributed by atoms with Gasteiger partial charge in [0.1, 0.15) is 0 Å². The quantitative estimate of drug-likeness (QED) is 0.768.